The van der Waals surface area contributed by atoms with E-state index in [9.17, 15) is 9.59 Å². The Hall–Kier alpha value is -3.00. The highest BCUT2D eigenvalue weighted by Gasteiger charge is 2.34. The van der Waals surface area contributed by atoms with Gasteiger partial charge in [0, 0.05) is 31.2 Å². The van der Waals surface area contributed by atoms with Crippen LogP contribution in [-0.4, -0.2) is 51.7 Å². The standard InChI is InChI=1S/C20H21N5O2S/c26-19(16-8-5-13-25(16)20(27)15-7-3-4-10-21-15)23-12-11-22-18-14-6-1-2-9-17(14)28-24-18/h1-4,6-7,9-10,16H,5,8,11-13H2,(H,22,24)(H,23,26). The van der Waals surface area contributed by atoms with Gasteiger partial charge in [-0.3, -0.25) is 14.6 Å². The summed E-state index contributed by atoms with van der Waals surface area (Å²) < 4.78 is 5.54. The van der Waals surface area contributed by atoms with Gasteiger partial charge in [-0.15, -0.1) is 0 Å². The second-order valence-electron chi connectivity index (χ2n) is 6.62. The number of benzene rings is 1. The summed E-state index contributed by atoms with van der Waals surface area (Å²) in [4.78, 5) is 31.0. The molecule has 0 radical (unpaired) electrons. The summed E-state index contributed by atoms with van der Waals surface area (Å²) in [5.41, 5.74) is 0.374. The topological polar surface area (TPSA) is 87.2 Å². The molecule has 4 rings (SSSR count). The Morgan fingerprint density at radius 3 is 2.86 bits per heavy atom. The highest BCUT2D eigenvalue weighted by molar-refractivity contribution is 7.13. The van der Waals surface area contributed by atoms with E-state index in [1.54, 1.807) is 29.3 Å². The molecule has 7 nitrogen and oxygen atoms in total. The maximum Gasteiger partial charge on any atom is 0.273 e. The Morgan fingerprint density at radius 1 is 1.14 bits per heavy atom. The molecule has 0 saturated carbocycles. The number of hydrogen-bond acceptors (Lipinski definition) is 6. The summed E-state index contributed by atoms with van der Waals surface area (Å²) in [6.07, 6.45) is 3.08. The first-order chi connectivity index (χ1) is 13.7. The van der Waals surface area contributed by atoms with Gasteiger partial charge < -0.3 is 15.5 Å². The van der Waals surface area contributed by atoms with Crippen LogP contribution in [0.1, 0.15) is 23.3 Å². The van der Waals surface area contributed by atoms with E-state index in [0.717, 1.165) is 22.3 Å². The van der Waals surface area contributed by atoms with Crippen LogP contribution < -0.4 is 10.6 Å². The number of fused-ring (bicyclic) bond motifs is 1. The first kappa shape index (κ1) is 18.4. The van der Waals surface area contributed by atoms with E-state index in [-0.39, 0.29) is 11.8 Å². The molecule has 2 aromatic heterocycles. The van der Waals surface area contributed by atoms with Crippen molar-refractivity contribution in [2.45, 2.75) is 18.9 Å². The highest BCUT2D eigenvalue weighted by Crippen LogP contribution is 2.25. The second kappa shape index (κ2) is 8.35. The Bertz CT molecular complexity index is 975. The Balaban J connectivity index is 1.30. The quantitative estimate of drug-likeness (QED) is 0.626. The number of nitrogens with one attached hydrogen (secondary N) is 2. The lowest BCUT2D eigenvalue weighted by Crippen LogP contribution is -2.47. The number of carbonyl (C=O) groups excluding carboxylic acids is 2. The van der Waals surface area contributed by atoms with Crippen molar-refractivity contribution in [2.24, 2.45) is 0 Å². The summed E-state index contributed by atoms with van der Waals surface area (Å²) in [6.45, 7) is 1.61. The van der Waals surface area contributed by atoms with Gasteiger partial charge in [0.1, 0.15) is 17.6 Å². The fraction of sp³-hybridized carbons (Fsp3) is 0.300. The van der Waals surface area contributed by atoms with E-state index >= 15 is 0 Å². The van der Waals surface area contributed by atoms with Crippen molar-refractivity contribution in [1.82, 2.24) is 19.6 Å². The summed E-state index contributed by atoms with van der Waals surface area (Å²) in [5.74, 6) is 0.528. The first-order valence-corrected chi connectivity index (χ1v) is 10.1. The number of carbonyl (C=O) groups is 2. The van der Waals surface area contributed by atoms with Crippen LogP contribution in [0.2, 0.25) is 0 Å². The van der Waals surface area contributed by atoms with Crippen molar-refractivity contribution < 1.29 is 9.59 Å². The predicted octanol–water partition coefficient (Wildman–Crippen LogP) is 2.52. The maximum atomic E-state index is 12.6. The molecule has 0 spiro atoms. The number of rotatable bonds is 6. The van der Waals surface area contributed by atoms with Gasteiger partial charge in [-0.25, -0.2) is 0 Å². The molecular formula is C20H21N5O2S. The van der Waals surface area contributed by atoms with Crippen LogP contribution in [0.15, 0.2) is 48.7 Å². The number of amides is 2. The zero-order chi connectivity index (χ0) is 19.3. The summed E-state index contributed by atoms with van der Waals surface area (Å²) >= 11 is 1.45. The molecule has 1 unspecified atom stereocenters. The molecule has 1 saturated heterocycles. The van der Waals surface area contributed by atoms with Crippen molar-refractivity contribution in [3.05, 3.63) is 54.4 Å². The monoisotopic (exact) mass is 395 g/mol. The molecule has 2 amide bonds. The normalized spacial score (nSPS) is 16.3. The molecule has 3 aromatic rings. The minimum absolute atomic E-state index is 0.119. The number of likely N-dealkylation sites (tertiary alicyclic amines) is 1. The SMILES string of the molecule is O=C(NCCNc1nsc2ccccc12)C1CCCN1C(=O)c1ccccn1. The molecule has 2 N–H and O–H groups in total. The maximum absolute atomic E-state index is 12.6. The third kappa shape index (κ3) is 3.82. The average molecular weight is 395 g/mol. The van der Waals surface area contributed by atoms with Crippen LogP contribution >= 0.6 is 11.5 Å². The van der Waals surface area contributed by atoms with Gasteiger partial charge in [0.15, 0.2) is 0 Å². The Kier molecular flexibility index (Phi) is 5.48. The lowest BCUT2D eigenvalue weighted by Gasteiger charge is -2.23. The Labute approximate surface area is 166 Å². The molecule has 1 aliphatic heterocycles. The van der Waals surface area contributed by atoms with E-state index in [1.165, 1.54) is 11.5 Å². The smallest absolute Gasteiger partial charge is 0.273 e. The minimum Gasteiger partial charge on any atom is -0.367 e. The molecule has 0 aliphatic carbocycles. The highest BCUT2D eigenvalue weighted by atomic mass is 32.1. The number of anilines is 1. The third-order valence-corrected chi connectivity index (χ3v) is 5.62. The minimum atomic E-state index is -0.436. The lowest BCUT2D eigenvalue weighted by atomic mass is 10.2. The van der Waals surface area contributed by atoms with Crippen LogP contribution in [0.25, 0.3) is 10.1 Å². The van der Waals surface area contributed by atoms with Crippen LogP contribution in [0.3, 0.4) is 0 Å². The third-order valence-electron chi connectivity index (χ3n) is 4.79. The average Bonchev–Trinajstić information content (AvgIpc) is 3.39. The fourth-order valence-corrected chi connectivity index (χ4v) is 4.17. The van der Waals surface area contributed by atoms with Crippen molar-refractivity contribution in [2.75, 3.05) is 25.0 Å². The first-order valence-electron chi connectivity index (χ1n) is 9.32. The molecule has 1 aliphatic rings. The molecule has 0 bridgehead atoms. The van der Waals surface area contributed by atoms with Gasteiger partial charge in [-0.1, -0.05) is 18.2 Å². The molecule has 1 aromatic carbocycles. The number of hydrogen-bond donors (Lipinski definition) is 2. The van der Waals surface area contributed by atoms with Gasteiger partial charge in [0.05, 0.1) is 4.70 Å². The second-order valence-corrected chi connectivity index (χ2v) is 7.42. The summed E-state index contributed by atoms with van der Waals surface area (Å²) in [7, 11) is 0. The van der Waals surface area contributed by atoms with Crippen molar-refractivity contribution in [1.29, 1.82) is 0 Å². The fourth-order valence-electron chi connectivity index (χ4n) is 3.42. The lowest BCUT2D eigenvalue weighted by molar-refractivity contribution is -0.124. The Morgan fingerprint density at radius 2 is 2.00 bits per heavy atom. The van der Waals surface area contributed by atoms with Crippen molar-refractivity contribution in [3.63, 3.8) is 0 Å². The molecular weight excluding hydrogens is 374 g/mol. The van der Waals surface area contributed by atoms with E-state index in [4.69, 9.17) is 0 Å². The van der Waals surface area contributed by atoms with E-state index in [2.05, 4.69) is 20.0 Å². The van der Waals surface area contributed by atoms with Crippen LogP contribution in [0.5, 0.6) is 0 Å². The largest absolute Gasteiger partial charge is 0.367 e. The van der Waals surface area contributed by atoms with E-state index in [1.807, 2.05) is 24.3 Å². The zero-order valence-electron chi connectivity index (χ0n) is 15.3. The van der Waals surface area contributed by atoms with Crippen molar-refractivity contribution >= 4 is 39.3 Å². The molecule has 28 heavy (non-hydrogen) atoms. The van der Waals surface area contributed by atoms with Gasteiger partial charge >= 0.3 is 0 Å². The van der Waals surface area contributed by atoms with Crippen LogP contribution in [0, 0.1) is 0 Å². The molecule has 3 heterocycles. The number of pyridine rings is 1. The molecule has 144 valence electrons. The molecule has 1 atom stereocenters. The van der Waals surface area contributed by atoms with E-state index < -0.39 is 6.04 Å². The predicted molar refractivity (Wildman–Crippen MR) is 109 cm³/mol. The summed E-state index contributed by atoms with van der Waals surface area (Å²) in [6, 6.07) is 12.8. The van der Waals surface area contributed by atoms with E-state index in [0.29, 0.717) is 31.7 Å². The van der Waals surface area contributed by atoms with Gasteiger partial charge in [0.2, 0.25) is 5.91 Å². The molecule has 8 heteroatoms. The van der Waals surface area contributed by atoms with Crippen molar-refractivity contribution in [3.8, 4) is 0 Å². The summed E-state index contributed by atoms with van der Waals surface area (Å²) in [5, 5.41) is 7.28. The van der Waals surface area contributed by atoms with Gasteiger partial charge in [-0.05, 0) is 48.6 Å². The number of nitrogens with zero attached hydrogens (tertiary/aromatic N) is 3. The van der Waals surface area contributed by atoms with Gasteiger partial charge in [-0.2, -0.15) is 4.37 Å². The van der Waals surface area contributed by atoms with Crippen LogP contribution in [0.4, 0.5) is 5.82 Å². The molecule has 1 fully saturated rings. The number of aromatic nitrogens is 2. The zero-order valence-corrected chi connectivity index (χ0v) is 16.1. The van der Waals surface area contributed by atoms with Gasteiger partial charge in [0.25, 0.3) is 5.91 Å². The van der Waals surface area contributed by atoms with Crippen LogP contribution in [-0.2, 0) is 4.79 Å².